The number of hydrogen-bond acceptors (Lipinski definition) is 3. The van der Waals surface area contributed by atoms with E-state index >= 15 is 0 Å². The van der Waals surface area contributed by atoms with Crippen molar-refractivity contribution in [1.82, 2.24) is 5.32 Å². The van der Waals surface area contributed by atoms with E-state index in [-0.39, 0.29) is 12.5 Å². The first-order chi connectivity index (χ1) is 9.66. The molecule has 0 bridgehead atoms. The van der Waals surface area contributed by atoms with Crippen molar-refractivity contribution in [2.75, 3.05) is 13.2 Å². The van der Waals surface area contributed by atoms with Crippen molar-refractivity contribution in [1.29, 1.82) is 0 Å². The van der Waals surface area contributed by atoms with E-state index in [2.05, 4.69) is 5.32 Å². The quantitative estimate of drug-likeness (QED) is 0.837. The van der Waals surface area contributed by atoms with E-state index in [0.717, 1.165) is 16.3 Å². The van der Waals surface area contributed by atoms with E-state index in [1.54, 1.807) is 0 Å². The molecule has 0 fully saturated rings. The summed E-state index contributed by atoms with van der Waals surface area (Å²) in [5.74, 6) is -1.42. The highest BCUT2D eigenvalue weighted by molar-refractivity contribution is 5.86. The van der Waals surface area contributed by atoms with Crippen LogP contribution in [0, 0.1) is 0 Å². The summed E-state index contributed by atoms with van der Waals surface area (Å²) in [5, 5.41) is 13.3. The van der Waals surface area contributed by atoms with Gasteiger partial charge in [-0.15, -0.1) is 0 Å². The van der Waals surface area contributed by atoms with Gasteiger partial charge in [0.15, 0.2) is 0 Å². The molecule has 104 valence electrons. The van der Waals surface area contributed by atoms with Crippen LogP contribution in [0.25, 0.3) is 10.8 Å². The minimum absolute atomic E-state index is 0.253. The molecule has 0 saturated heterocycles. The molecule has 0 atom stereocenters. The lowest BCUT2D eigenvalue weighted by Crippen LogP contribution is -2.28. The number of ether oxygens (including phenoxy) is 1. The third-order valence-electron chi connectivity index (χ3n) is 2.81. The Morgan fingerprint density at radius 1 is 1.05 bits per heavy atom. The van der Waals surface area contributed by atoms with Gasteiger partial charge in [-0.25, -0.2) is 4.79 Å². The Hall–Kier alpha value is -2.40. The third-order valence-corrected chi connectivity index (χ3v) is 2.81. The number of fused-ring (bicyclic) bond motifs is 1. The van der Waals surface area contributed by atoms with Crippen LogP contribution in [-0.2, 0) is 20.9 Å². The third kappa shape index (κ3) is 3.80. The van der Waals surface area contributed by atoms with Crippen molar-refractivity contribution in [2.24, 2.45) is 0 Å². The Labute approximate surface area is 116 Å². The zero-order valence-electron chi connectivity index (χ0n) is 10.8. The number of benzene rings is 2. The molecular formula is C15H15NO4. The molecule has 2 rings (SSSR count). The summed E-state index contributed by atoms with van der Waals surface area (Å²) in [6.45, 7) is -0.338. The van der Waals surface area contributed by atoms with Crippen molar-refractivity contribution in [2.45, 2.75) is 6.54 Å². The monoisotopic (exact) mass is 273 g/mol. The van der Waals surface area contributed by atoms with Gasteiger partial charge in [0, 0.05) is 6.54 Å². The van der Waals surface area contributed by atoms with Gasteiger partial charge in [0.1, 0.15) is 13.2 Å². The first-order valence-corrected chi connectivity index (χ1v) is 6.19. The van der Waals surface area contributed by atoms with E-state index in [9.17, 15) is 9.59 Å². The second-order valence-corrected chi connectivity index (χ2v) is 4.30. The lowest BCUT2D eigenvalue weighted by molar-refractivity contribution is -0.143. The fourth-order valence-electron chi connectivity index (χ4n) is 1.92. The zero-order chi connectivity index (χ0) is 14.4. The largest absolute Gasteiger partial charge is 0.480 e. The highest BCUT2D eigenvalue weighted by Gasteiger charge is 2.05. The summed E-state index contributed by atoms with van der Waals surface area (Å²) in [6, 6.07) is 13.8. The maximum atomic E-state index is 11.5. The van der Waals surface area contributed by atoms with Crippen molar-refractivity contribution < 1.29 is 19.4 Å². The topological polar surface area (TPSA) is 75.6 Å². The molecule has 0 aliphatic carbocycles. The van der Waals surface area contributed by atoms with Crippen molar-refractivity contribution >= 4 is 22.6 Å². The fraction of sp³-hybridized carbons (Fsp3) is 0.200. The lowest BCUT2D eigenvalue weighted by Gasteiger charge is -2.08. The maximum Gasteiger partial charge on any atom is 0.329 e. The van der Waals surface area contributed by atoms with Crippen LogP contribution in [0.1, 0.15) is 5.56 Å². The van der Waals surface area contributed by atoms with Crippen LogP contribution >= 0.6 is 0 Å². The van der Waals surface area contributed by atoms with Crippen LogP contribution in [-0.4, -0.2) is 30.2 Å². The molecule has 20 heavy (non-hydrogen) atoms. The minimum atomic E-state index is -1.09. The van der Waals surface area contributed by atoms with Crippen LogP contribution in [0.4, 0.5) is 0 Å². The van der Waals surface area contributed by atoms with E-state index in [1.807, 2.05) is 42.5 Å². The second kappa shape index (κ2) is 6.68. The Bertz CT molecular complexity index is 619. The van der Waals surface area contributed by atoms with Gasteiger partial charge in [-0.3, -0.25) is 4.79 Å². The number of amides is 1. The summed E-state index contributed by atoms with van der Waals surface area (Å²) in [4.78, 5) is 21.8. The molecule has 2 N–H and O–H groups in total. The molecule has 0 heterocycles. The van der Waals surface area contributed by atoms with Gasteiger partial charge in [0.2, 0.25) is 5.91 Å². The predicted molar refractivity (Wildman–Crippen MR) is 74.2 cm³/mol. The van der Waals surface area contributed by atoms with Crippen molar-refractivity contribution in [3.05, 3.63) is 48.0 Å². The fourth-order valence-corrected chi connectivity index (χ4v) is 1.92. The molecule has 0 unspecified atom stereocenters. The van der Waals surface area contributed by atoms with Crippen LogP contribution in [0.2, 0.25) is 0 Å². The normalized spacial score (nSPS) is 10.4. The second-order valence-electron chi connectivity index (χ2n) is 4.30. The van der Waals surface area contributed by atoms with Crippen LogP contribution < -0.4 is 5.32 Å². The van der Waals surface area contributed by atoms with Gasteiger partial charge < -0.3 is 15.2 Å². The molecule has 5 heteroatoms. The summed E-state index contributed by atoms with van der Waals surface area (Å²) in [5.41, 5.74) is 1.01. The van der Waals surface area contributed by atoms with Gasteiger partial charge in [0.25, 0.3) is 0 Å². The standard InChI is InChI=1S/C15H15NO4/c17-14(9-20-10-15(18)19)16-8-12-6-3-5-11-4-1-2-7-13(11)12/h1-7H,8-10H2,(H,16,17)(H,18,19). The number of rotatable bonds is 6. The number of carboxylic acids is 1. The molecule has 0 aliphatic heterocycles. The van der Waals surface area contributed by atoms with Crippen molar-refractivity contribution in [3.63, 3.8) is 0 Å². The molecule has 5 nitrogen and oxygen atoms in total. The number of aliphatic carboxylic acids is 1. The Kier molecular flexibility index (Phi) is 4.68. The number of carbonyl (C=O) groups excluding carboxylic acids is 1. The van der Waals surface area contributed by atoms with Gasteiger partial charge in [-0.05, 0) is 16.3 Å². The lowest BCUT2D eigenvalue weighted by atomic mass is 10.0. The Morgan fingerprint density at radius 2 is 1.80 bits per heavy atom. The predicted octanol–water partition coefficient (Wildman–Crippen LogP) is 1.56. The molecular weight excluding hydrogens is 258 g/mol. The summed E-state index contributed by atoms with van der Waals surface area (Å²) in [7, 11) is 0. The van der Waals surface area contributed by atoms with Crippen LogP contribution in [0.15, 0.2) is 42.5 Å². The highest BCUT2D eigenvalue weighted by Crippen LogP contribution is 2.18. The number of carboxylic acid groups (broad SMARTS) is 1. The molecule has 0 aliphatic rings. The first kappa shape index (κ1) is 14.0. The van der Waals surface area contributed by atoms with Gasteiger partial charge in [0.05, 0.1) is 0 Å². The van der Waals surface area contributed by atoms with Crippen molar-refractivity contribution in [3.8, 4) is 0 Å². The molecule has 2 aromatic rings. The van der Waals surface area contributed by atoms with E-state index in [1.165, 1.54) is 0 Å². The molecule has 2 aromatic carbocycles. The average Bonchev–Trinajstić information content (AvgIpc) is 2.44. The van der Waals surface area contributed by atoms with Crippen LogP contribution in [0.5, 0.6) is 0 Å². The van der Waals surface area contributed by atoms with E-state index < -0.39 is 12.6 Å². The highest BCUT2D eigenvalue weighted by atomic mass is 16.5. The SMILES string of the molecule is O=C(O)COCC(=O)NCc1cccc2ccccc12. The Balaban J connectivity index is 1.92. The zero-order valence-corrected chi connectivity index (χ0v) is 10.8. The van der Waals surface area contributed by atoms with E-state index in [0.29, 0.717) is 6.54 Å². The number of hydrogen-bond donors (Lipinski definition) is 2. The maximum absolute atomic E-state index is 11.5. The van der Waals surface area contributed by atoms with Gasteiger partial charge in [-0.1, -0.05) is 42.5 Å². The Morgan fingerprint density at radius 3 is 2.60 bits per heavy atom. The molecule has 0 aromatic heterocycles. The first-order valence-electron chi connectivity index (χ1n) is 6.19. The summed E-state index contributed by atoms with van der Waals surface area (Å²) >= 11 is 0. The molecule has 1 amide bonds. The van der Waals surface area contributed by atoms with E-state index in [4.69, 9.17) is 9.84 Å². The number of carbonyl (C=O) groups is 2. The van der Waals surface area contributed by atoms with Gasteiger partial charge >= 0.3 is 5.97 Å². The van der Waals surface area contributed by atoms with Crippen LogP contribution in [0.3, 0.4) is 0 Å². The number of nitrogens with one attached hydrogen (secondary N) is 1. The summed E-state index contributed by atoms with van der Waals surface area (Å²) < 4.78 is 4.72. The summed E-state index contributed by atoms with van der Waals surface area (Å²) in [6.07, 6.45) is 0. The minimum Gasteiger partial charge on any atom is -0.480 e. The van der Waals surface area contributed by atoms with Gasteiger partial charge in [-0.2, -0.15) is 0 Å². The molecule has 0 radical (unpaired) electrons. The molecule has 0 saturated carbocycles. The smallest absolute Gasteiger partial charge is 0.329 e. The average molecular weight is 273 g/mol. The molecule has 0 spiro atoms.